The summed E-state index contributed by atoms with van der Waals surface area (Å²) in [6, 6.07) is 0. The fourth-order valence-electron chi connectivity index (χ4n) is 0.309. The van der Waals surface area contributed by atoms with Crippen LogP contribution in [0.15, 0.2) is 0 Å². The van der Waals surface area contributed by atoms with Gasteiger partial charge in [0, 0.05) is 0 Å². The maximum atomic E-state index is 9.84. The molecule has 0 aromatic heterocycles. The van der Waals surface area contributed by atoms with E-state index in [0.717, 1.165) is 6.42 Å². The van der Waals surface area contributed by atoms with E-state index >= 15 is 0 Å². The van der Waals surface area contributed by atoms with Gasteiger partial charge in [-0.3, -0.25) is 9.12 Å². The van der Waals surface area contributed by atoms with Crippen LogP contribution in [0.2, 0.25) is 0 Å². The van der Waals surface area contributed by atoms with Crippen LogP contribution in [0.1, 0.15) is 19.8 Å². The maximum Gasteiger partial charge on any atom is 1.00 e. The summed E-state index contributed by atoms with van der Waals surface area (Å²) in [6.07, 6.45) is 1.48. The molecule has 0 spiro atoms. The van der Waals surface area contributed by atoms with Crippen molar-refractivity contribution in [2.45, 2.75) is 19.8 Å². The molecule has 0 saturated carbocycles. The van der Waals surface area contributed by atoms with Crippen molar-refractivity contribution in [2.24, 2.45) is 0 Å². The SMILES string of the molecule is CCCCOS(=O)(=O)O.O=P([O-])(O)O.[Na+]. The fourth-order valence-corrected chi connectivity index (χ4v) is 0.637. The number of rotatable bonds is 4. The molecular weight excluding hydrogens is 262 g/mol. The van der Waals surface area contributed by atoms with Crippen LogP contribution in [0, 0.1) is 0 Å². The van der Waals surface area contributed by atoms with Crippen molar-refractivity contribution >= 4 is 18.2 Å². The Morgan fingerprint density at radius 2 is 1.73 bits per heavy atom. The molecule has 0 saturated heterocycles. The number of unbranched alkanes of at least 4 members (excludes halogenated alkanes) is 1. The molecule has 0 radical (unpaired) electrons. The Kier molecular flexibility index (Phi) is 14.4. The third-order valence-electron chi connectivity index (χ3n) is 0.730. The number of hydrogen-bond donors (Lipinski definition) is 3. The second-order valence-electron chi connectivity index (χ2n) is 2.09. The molecule has 3 N–H and O–H groups in total. The zero-order valence-corrected chi connectivity index (χ0v) is 12.1. The van der Waals surface area contributed by atoms with Crippen LogP contribution in [0.25, 0.3) is 0 Å². The van der Waals surface area contributed by atoms with E-state index in [9.17, 15) is 8.42 Å². The first-order valence-electron chi connectivity index (χ1n) is 3.44. The Hall–Kier alpha value is 0.980. The summed E-state index contributed by atoms with van der Waals surface area (Å²) in [7, 11) is -9.09. The summed E-state index contributed by atoms with van der Waals surface area (Å²) in [5, 5.41) is 0. The molecule has 0 aromatic carbocycles. The Labute approximate surface area is 110 Å². The maximum absolute atomic E-state index is 9.84. The number of hydrogen-bond acceptors (Lipinski definition) is 5. The van der Waals surface area contributed by atoms with Gasteiger partial charge in [0.25, 0.3) is 7.82 Å². The predicted octanol–water partition coefficient (Wildman–Crippen LogP) is -3.95. The summed E-state index contributed by atoms with van der Waals surface area (Å²) in [6.45, 7) is 1.96. The van der Waals surface area contributed by atoms with E-state index in [1.807, 2.05) is 6.92 Å². The quantitative estimate of drug-likeness (QED) is 0.204. The van der Waals surface area contributed by atoms with Crippen molar-refractivity contribution in [1.29, 1.82) is 0 Å². The van der Waals surface area contributed by atoms with Gasteiger partial charge in [-0.25, -0.2) is 4.18 Å². The van der Waals surface area contributed by atoms with Crippen molar-refractivity contribution in [3.63, 3.8) is 0 Å². The largest absolute Gasteiger partial charge is 1.00 e. The van der Waals surface area contributed by atoms with Gasteiger partial charge < -0.3 is 14.7 Å². The molecule has 11 heteroatoms. The zero-order chi connectivity index (χ0) is 11.8. The van der Waals surface area contributed by atoms with Crippen LogP contribution >= 0.6 is 7.82 Å². The average Bonchev–Trinajstić information content (AvgIpc) is 1.80. The van der Waals surface area contributed by atoms with Crippen molar-refractivity contribution in [1.82, 2.24) is 0 Å². The molecule has 0 unspecified atom stereocenters. The van der Waals surface area contributed by atoms with Crippen molar-refractivity contribution in [3.8, 4) is 0 Å². The first-order chi connectivity index (χ1) is 6.06. The molecule has 0 fully saturated rings. The van der Waals surface area contributed by atoms with Gasteiger partial charge in [-0.05, 0) is 6.42 Å². The summed E-state index contributed by atoms with van der Waals surface area (Å²) in [4.78, 5) is 22.9. The van der Waals surface area contributed by atoms with E-state index in [-0.39, 0.29) is 36.2 Å². The fraction of sp³-hybridized carbons (Fsp3) is 1.00. The normalized spacial score (nSPS) is 11.0. The first kappa shape index (κ1) is 21.3. The van der Waals surface area contributed by atoms with Crippen LogP contribution in [0.4, 0.5) is 0 Å². The Morgan fingerprint density at radius 3 is 1.93 bits per heavy atom. The molecule has 88 valence electrons. The van der Waals surface area contributed by atoms with Gasteiger partial charge >= 0.3 is 40.0 Å². The molecule has 0 aliphatic carbocycles. The Balaban J connectivity index is -0.000000208. The molecule has 15 heavy (non-hydrogen) atoms. The molecule has 0 aromatic rings. The minimum absolute atomic E-state index is 0. The van der Waals surface area contributed by atoms with Crippen molar-refractivity contribution in [3.05, 3.63) is 0 Å². The minimum atomic E-state index is -4.89. The predicted molar refractivity (Wildman–Crippen MR) is 44.5 cm³/mol. The van der Waals surface area contributed by atoms with Gasteiger partial charge in [-0.1, -0.05) is 13.3 Å². The summed E-state index contributed by atoms with van der Waals surface area (Å²) < 4.78 is 40.4. The van der Waals surface area contributed by atoms with Gasteiger partial charge in [-0.15, -0.1) is 0 Å². The van der Waals surface area contributed by atoms with Crippen molar-refractivity contribution < 1.29 is 66.0 Å². The van der Waals surface area contributed by atoms with Gasteiger partial charge in [0.05, 0.1) is 6.61 Å². The molecular formula is C4H12NaO8PS. The molecule has 0 rings (SSSR count). The van der Waals surface area contributed by atoms with E-state index in [2.05, 4.69) is 4.18 Å². The first-order valence-corrected chi connectivity index (χ1v) is 6.34. The third kappa shape index (κ3) is 51.8. The smallest absolute Gasteiger partial charge is 0.756 e. The second kappa shape index (κ2) is 10.2. The summed E-state index contributed by atoms with van der Waals surface area (Å²) in [5.41, 5.74) is 0. The van der Waals surface area contributed by atoms with Crippen LogP contribution in [-0.4, -0.2) is 29.4 Å². The zero-order valence-electron chi connectivity index (χ0n) is 8.36. The van der Waals surface area contributed by atoms with Crippen LogP contribution in [0.5, 0.6) is 0 Å². The Bertz CT molecular complexity index is 262. The van der Waals surface area contributed by atoms with Crippen molar-refractivity contribution in [2.75, 3.05) is 6.61 Å². The van der Waals surface area contributed by atoms with Crippen LogP contribution in [0.3, 0.4) is 0 Å². The van der Waals surface area contributed by atoms with Crippen LogP contribution in [-0.2, 0) is 19.1 Å². The summed E-state index contributed by atoms with van der Waals surface area (Å²) in [5.74, 6) is 0. The van der Waals surface area contributed by atoms with Gasteiger partial charge in [0.15, 0.2) is 0 Å². The molecule has 0 bridgehead atoms. The monoisotopic (exact) mass is 274 g/mol. The van der Waals surface area contributed by atoms with Gasteiger partial charge in [0.1, 0.15) is 0 Å². The van der Waals surface area contributed by atoms with Crippen LogP contribution < -0.4 is 34.5 Å². The van der Waals surface area contributed by atoms with Gasteiger partial charge in [-0.2, -0.15) is 8.42 Å². The van der Waals surface area contributed by atoms with E-state index in [1.54, 1.807) is 0 Å². The standard InChI is InChI=1S/C4H10O4S.Na.H3O4P/c1-2-3-4-8-9(5,6)7;;1-5(2,3)4/h2-4H2,1H3,(H,5,6,7);;(H3,1,2,3,4)/q;+1;/p-1. The van der Waals surface area contributed by atoms with Gasteiger partial charge in [0.2, 0.25) is 0 Å². The topological polar surface area (TPSA) is 144 Å². The van der Waals surface area contributed by atoms with E-state index in [0.29, 0.717) is 6.42 Å². The molecule has 0 atom stereocenters. The minimum Gasteiger partial charge on any atom is -0.756 e. The van der Waals surface area contributed by atoms with E-state index < -0.39 is 18.2 Å². The molecule has 0 amide bonds. The second-order valence-corrected chi connectivity index (χ2v) is 4.17. The molecule has 0 aliphatic rings. The third-order valence-corrected chi connectivity index (χ3v) is 1.19. The molecule has 0 heterocycles. The van der Waals surface area contributed by atoms with E-state index in [4.69, 9.17) is 23.8 Å². The van der Waals surface area contributed by atoms with E-state index in [1.165, 1.54) is 0 Å². The number of phosphoric acid groups is 1. The molecule has 0 aliphatic heterocycles. The Morgan fingerprint density at radius 1 is 1.40 bits per heavy atom. The molecule has 8 nitrogen and oxygen atoms in total. The summed E-state index contributed by atoms with van der Waals surface area (Å²) >= 11 is 0. The average molecular weight is 274 g/mol.